The van der Waals surface area contributed by atoms with Crippen molar-refractivity contribution in [1.82, 2.24) is 20.1 Å². The number of aromatic nitrogens is 1. The molecular formula is C33H31Cl2N7O3S. The zero-order valence-corrected chi connectivity index (χ0v) is 27.4. The van der Waals surface area contributed by atoms with E-state index in [1.54, 1.807) is 31.3 Å². The average Bonchev–Trinajstić information content (AvgIpc) is 3.51. The number of nitrogens with one attached hydrogen (secondary N) is 1. The number of hydrogen-bond donors (Lipinski definition) is 1. The number of carbonyl (C=O) groups is 2. The Hall–Kier alpha value is -3.95. The fourth-order valence-electron chi connectivity index (χ4n) is 6.46. The van der Waals surface area contributed by atoms with Crippen LogP contribution in [0, 0.1) is 6.57 Å². The number of rotatable bonds is 8. The molecule has 236 valence electrons. The Labute approximate surface area is 281 Å². The van der Waals surface area contributed by atoms with Gasteiger partial charge in [0, 0.05) is 89.7 Å². The normalized spacial score (nSPS) is 22.2. The lowest BCUT2D eigenvalue weighted by Gasteiger charge is -2.38. The highest BCUT2D eigenvalue weighted by Crippen LogP contribution is 2.50. The number of aliphatic imine (C=N–C) groups is 1. The minimum absolute atomic E-state index is 0.0124. The van der Waals surface area contributed by atoms with Crippen LogP contribution in [-0.2, 0) is 15.1 Å². The van der Waals surface area contributed by atoms with Gasteiger partial charge in [0.25, 0.3) is 5.54 Å². The van der Waals surface area contributed by atoms with Crippen molar-refractivity contribution in [3.05, 3.63) is 103 Å². The molecule has 1 saturated carbocycles. The van der Waals surface area contributed by atoms with Crippen molar-refractivity contribution < 1.29 is 14.3 Å². The minimum Gasteiger partial charge on any atom is -0.463 e. The Bertz CT molecular complexity index is 1780. The SMILES string of the molecule is [C-]#[N+]C1(c2ccc(N3C[C@@H]4CN(CC5=C(C(=O)OCC)[C@H](c6ccc(Cl)cc6Cl)N=C(c6nccs6)N5)CCN4C3=O)cc2)CC1. The number of benzene rings is 2. The van der Waals surface area contributed by atoms with Crippen LogP contribution in [0.1, 0.15) is 41.9 Å². The molecule has 0 spiro atoms. The van der Waals surface area contributed by atoms with E-state index in [0.717, 1.165) is 24.1 Å². The minimum atomic E-state index is -0.732. The fourth-order valence-corrected chi connectivity index (χ4v) is 7.56. The molecule has 2 aromatic carbocycles. The van der Waals surface area contributed by atoms with E-state index in [9.17, 15) is 9.59 Å². The van der Waals surface area contributed by atoms with E-state index in [1.165, 1.54) is 11.3 Å². The lowest BCUT2D eigenvalue weighted by atomic mass is 9.95. The molecule has 0 unspecified atom stereocenters. The molecule has 10 nitrogen and oxygen atoms in total. The molecule has 1 aliphatic carbocycles. The molecule has 4 heterocycles. The van der Waals surface area contributed by atoms with Crippen molar-refractivity contribution in [2.24, 2.45) is 4.99 Å². The van der Waals surface area contributed by atoms with Gasteiger partial charge >= 0.3 is 12.0 Å². The maximum absolute atomic E-state index is 13.6. The summed E-state index contributed by atoms with van der Waals surface area (Å²) in [5, 5.41) is 6.85. The predicted octanol–water partition coefficient (Wildman–Crippen LogP) is 5.89. The lowest BCUT2D eigenvalue weighted by Crippen LogP contribution is -2.53. The molecule has 3 fully saturated rings. The number of halogens is 2. The third-order valence-corrected chi connectivity index (χ3v) is 10.3. The highest BCUT2D eigenvalue weighted by Gasteiger charge is 2.52. The number of ether oxygens (including phenoxy) is 1. The molecule has 46 heavy (non-hydrogen) atoms. The van der Waals surface area contributed by atoms with Gasteiger partial charge in [-0.05, 0) is 43.3 Å². The van der Waals surface area contributed by atoms with E-state index in [-0.39, 0.29) is 24.2 Å². The summed E-state index contributed by atoms with van der Waals surface area (Å²) in [5.41, 5.74) is 3.16. The first-order valence-electron chi connectivity index (χ1n) is 15.2. The van der Waals surface area contributed by atoms with E-state index in [1.807, 2.05) is 39.4 Å². The summed E-state index contributed by atoms with van der Waals surface area (Å²) in [7, 11) is 0. The van der Waals surface area contributed by atoms with Gasteiger partial charge in [-0.1, -0.05) is 29.3 Å². The van der Waals surface area contributed by atoms with Crippen molar-refractivity contribution in [2.45, 2.75) is 37.4 Å². The zero-order valence-electron chi connectivity index (χ0n) is 25.1. The van der Waals surface area contributed by atoms with Gasteiger partial charge in [-0.15, -0.1) is 11.3 Å². The number of thiazole rings is 1. The van der Waals surface area contributed by atoms with E-state index in [0.29, 0.717) is 70.4 Å². The van der Waals surface area contributed by atoms with Crippen molar-refractivity contribution in [3.63, 3.8) is 0 Å². The van der Waals surface area contributed by atoms with Crippen LogP contribution < -0.4 is 10.2 Å². The van der Waals surface area contributed by atoms with Crippen molar-refractivity contribution in [2.75, 3.05) is 44.2 Å². The molecule has 1 N–H and O–H groups in total. The monoisotopic (exact) mass is 675 g/mol. The highest BCUT2D eigenvalue weighted by molar-refractivity contribution is 7.11. The standard InChI is InChI=1S/C33H31Cl2N7O3S/c1-3-45-31(43)27-26(38-29(30-37-12-15-46-30)39-28(27)24-9-6-21(34)16-25(24)35)19-40-13-14-41-23(17-40)18-42(32(41)44)22-7-4-20(5-8-22)33(36-2)10-11-33/h4-9,12,15-16,23,28H,3,10-11,13-14,17-19H2,1H3,(H,38,39)/t23-,28-/m0/s1. The molecule has 0 radical (unpaired) electrons. The number of piperazine rings is 1. The van der Waals surface area contributed by atoms with Gasteiger partial charge in [-0.2, -0.15) is 0 Å². The van der Waals surface area contributed by atoms with Crippen LogP contribution in [0.5, 0.6) is 0 Å². The zero-order chi connectivity index (χ0) is 32.0. The van der Waals surface area contributed by atoms with Crippen molar-refractivity contribution >= 4 is 58.1 Å². The Balaban J connectivity index is 1.15. The second kappa shape index (κ2) is 12.3. The first kappa shape index (κ1) is 30.7. The molecule has 1 aromatic heterocycles. The molecule has 2 saturated heterocycles. The molecule has 2 atom stereocenters. The summed E-state index contributed by atoms with van der Waals surface area (Å²) in [6.45, 7) is 12.3. The largest absolute Gasteiger partial charge is 0.463 e. The second-order valence-corrected chi connectivity index (χ2v) is 13.5. The van der Waals surface area contributed by atoms with Gasteiger partial charge in [0.05, 0.1) is 18.2 Å². The van der Waals surface area contributed by atoms with E-state index < -0.39 is 12.0 Å². The summed E-state index contributed by atoms with van der Waals surface area (Å²) in [4.78, 5) is 46.3. The first-order valence-corrected chi connectivity index (χ1v) is 16.8. The van der Waals surface area contributed by atoms with Crippen molar-refractivity contribution in [1.29, 1.82) is 0 Å². The lowest BCUT2D eigenvalue weighted by molar-refractivity contribution is -0.139. The number of fused-ring (bicyclic) bond motifs is 1. The summed E-state index contributed by atoms with van der Waals surface area (Å²) in [5.74, 6) is 0.0722. The smallest absolute Gasteiger partial charge is 0.338 e. The van der Waals surface area contributed by atoms with Crippen molar-refractivity contribution in [3.8, 4) is 0 Å². The van der Waals surface area contributed by atoms with Crippen LogP contribution in [0.15, 0.2) is 70.3 Å². The van der Waals surface area contributed by atoms with Gasteiger partial charge in [0.2, 0.25) is 0 Å². The van der Waals surface area contributed by atoms with E-state index in [4.69, 9.17) is 39.5 Å². The Morgan fingerprint density at radius 2 is 1.98 bits per heavy atom. The van der Waals surface area contributed by atoms with Gasteiger partial charge in [-0.25, -0.2) is 21.1 Å². The van der Waals surface area contributed by atoms with Crippen LogP contribution in [0.3, 0.4) is 0 Å². The van der Waals surface area contributed by atoms with Crippen LogP contribution in [-0.4, -0.2) is 78.0 Å². The van der Waals surface area contributed by atoms with Gasteiger partial charge in [0.1, 0.15) is 6.04 Å². The molecule has 0 bridgehead atoms. The summed E-state index contributed by atoms with van der Waals surface area (Å²) in [6.07, 6.45) is 3.49. The Morgan fingerprint density at radius 3 is 2.65 bits per heavy atom. The van der Waals surface area contributed by atoms with Gasteiger partial charge in [0.15, 0.2) is 10.8 Å². The molecular weight excluding hydrogens is 645 g/mol. The number of amidine groups is 1. The number of urea groups is 1. The van der Waals surface area contributed by atoms with Gasteiger partial charge in [-0.3, -0.25) is 14.8 Å². The third-order valence-electron chi connectivity index (χ3n) is 8.99. The third kappa shape index (κ3) is 5.64. The second-order valence-electron chi connectivity index (χ2n) is 11.8. The van der Waals surface area contributed by atoms with Crippen LogP contribution in [0.4, 0.5) is 10.5 Å². The molecule has 4 aliphatic rings. The van der Waals surface area contributed by atoms with E-state index >= 15 is 0 Å². The quantitative estimate of drug-likeness (QED) is 0.236. The van der Waals surface area contributed by atoms with Crippen LogP contribution in [0.25, 0.3) is 4.85 Å². The van der Waals surface area contributed by atoms with E-state index in [2.05, 4.69) is 20.0 Å². The van der Waals surface area contributed by atoms with Crippen LogP contribution in [0.2, 0.25) is 10.0 Å². The molecule has 13 heteroatoms. The molecule has 7 rings (SSSR count). The molecule has 3 aliphatic heterocycles. The number of carbonyl (C=O) groups excluding carboxylic acids is 2. The number of nitrogens with zero attached hydrogens (tertiary/aromatic N) is 6. The average molecular weight is 677 g/mol. The maximum atomic E-state index is 13.6. The highest BCUT2D eigenvalue weighted by atomic mass is 35.5. The first-order chi connectivity index (χ1) is 22.3. The number of esters is 1. The fraction of sp³-hybridized carbons (Fsp3) is 0.364. The topological polar surface area (TPSA) is 94.7 Å². The number of anilines is 1. The Kier molecular flexibility index (Phi) is 8.23. The summed E-state index contributed by atoms with van der Waals surface area (Å²) >= 11 is 14.3. The molecule has 2 amide bonds. The predicted molar refractivity (Wildman–Crippen MR) is 178 cm³/mol. The Morgan fingerprint density at radius 1 is 1.17 bits per heavy atom. The van der Waals surface area contributed by atoms with Gasteiger partial charge < -0.3 is 19.8 Å². The summed E-state index contributed by atoms with van der Waals surface area (Å²) in [6, 6.07) is 12.3. The number of hydrogen-bond acceptors (Lipinski definition) is 8. The molecule has 3 aromatic rings. The summed E-state index contributed by atoms with van der Waals surface area (Å²) < 4.78 is 5.55. The maximum Gasteiger partial charge on any atom is 0.338 e. The van der Waals surface area contributed by atoms with Crippen LogP contribution >= 0.6 is 34.5 Å². The number of amides is 2.